The van der Waals surface area contributed by atoms with Gasteiger partial charge in [-0.25, -0.2) is 9.97 Å². The number of carbonyl (C=O) groups is 2. The first-order valence-corrected chi connectivity index (χ1v) is 9.15. The molecule has 138 valence electrons. The summed E-state index contributed by atoms with van der Waals surface area (Å²) in [5.41, 5.74) is -0.568. The highest BCUT2D eigenvalue weighted by atomic mass is 16.2. The summed E-state index contributed by atoms with van der Waals surface area (Å²) in [5, 5.41) is 5.45. The van der Waals surface area contributed by atoms with Gasteiger partial charge in [-0.15, -0.1) is 0 Å². The van der Waals surface area contributed by atoms with E-state index in [1.165, 1.54) is 25.4 Å². The zero-order chi connectivity index (χ0) is 18.1. The van der Waals surface area contributed by atoms with E-state index in [2.05, 4.69) is 20.4 Å². The molecular weight excluding hydrogens is 336 g/mol. The van der Waals surface area contributed by atoms with Gasteiger partial charge in [-0.1, -0.05) is 25.7 Å². The first kappa shape index (κ1) is 16.7. The fraction of sp³-hybridized carbons (Fsp3) is 0.588. The van der Waals surface area contributed by atoms with Crippen molar-refractivity contribution in [2.24, 2.45) is 0 Å². The number of hydrogen-bond donors (Lipinski definition) is 2. The molecule has 0 spiro atoms. The lowest BCUT2D eigenvalue weighted by Gasteiger charge is -2.27. The van der Waals surface area contributed by atoms with Crippen molar-refractivity contribution in [1.29, 1.82) is 0 Å². The molecule has 1 atom stereocenters. The highest BCUT2D eigenvalue weighted by Gasteiger charge is 2.35. The number of aromatic nitrogens is 4. The molecule has 2 amide bonds. The Morgan fingerprint density at radius 2 is 1.92 bits per heavy atom. The summed E-state index contributed by atoms with van der Waals surface area (Å²) in [6, 6.07) is 0.000605. The molecule has 2 aliphatic rings. The Morgan fingerprint density at radius 1 is 1.15 bits per heavy atom. The van der Waals surface area contributed by atoms with Crippen molar-refractivity contribution < 1.29 is 9.59 Å². The summed E-state index contributed by atoms with van der Waals surface area (Å²) in [5.74, 6) is -0.213. The lowest BCUT2D eigenvalue weighted by Crippen LogP contribution is -2.42. The normalized spacial score (nSPS) is 21.9. The highest BCUT2D eigenvalue weighted by molar-refractivity contribution is 5.94. The highest BCUT2D eigenvalue weighted by Crippen LogP contribution is 2.25. The number of nitrogens with one attached hydrogen (secondary N) is 2. The van der Waals surface area contributed by atoms with Crippen molar-refractivity contribution in [3.8, 4) is 0 Å². The molecule has 0 aromatic carbocycles. The van der Waals surface area contributed by atoms with Gasteiger partial charge in [0.2, 0.25) is 5.91 Å². The summed E-state index contributed by atoms with van der Waals surface area (Å²) in [6.07, 6.45) is 9.68. The summed E-state index contributed by atoms with van der Waals surface area (Å²) in [6.45, 7) is 0.510. The van der Waals surface area contributed by atoms with Crippen molar-refractivity contribution in [2.45, 2.75) is 57.0 Å². The minimum Gasteiger partial charge on any atom is -0.347 e. The molecule has 1 saturated carbocycles. The van der Waals surface area contributed by atoms with E-state index in [-0.39, 0.29) is 35.8 Å². The Morgan fingerprint density at radius 3 is 2.69 bits per heavy atom. The largest absolute Gasteiger partial charge is 0.347 e. The number of hydrogen-bond acceptors (Lipinski definition) is 5. The fourth-order valence-electron chi connectivity index (χ4n) is 3.97. The van der Waals surface area contributed by atoms with E-state index in [1.807, 2.05) is 4.90 Å². The van der Waals surface area contributed by atoms with Crippen molar-refractivity contribution in [1.82, 2.24) is 29.8 Å². The molecule has 2 aromatic rings. The first-order valence-electron chi connectivity index (χ1n) is 9.15. The summed E-state index contributed by atoms with van der Waals surface area (Å²) < 4.78 is 1.12. The fourth-order valence-corrected chi connectivity index (χ4v) is 3.97. The van der Waals surface area contributed by atoms with Gasteiger partial charge in [0.15, 0.2) is 0 Å². The molecular formula is C17H22N6O3. The van der Waals surface area contributed by atoms with Gasteiger partial charge in [0, 0.05) is 25.2 Å². The number of rotatable bonds is 3. The minimum absolute atomic E-state index is 0.0629. The zero-order valence-corrected chi connectivity index (χ0v) is 14.5. The first-order chi connectivity index (χ1) is 12.6. The summed E-state index contributed by atoms with van der Waals surface area (Å²) in [4.78, 5) is 47.0. The number of nitrogens with zero attached hydrogens (tertiary/aromatic N) is 4. The Labute approximate surface area is 149 Å². The average Bonchev–Trinajstić information content (AvgIpc) is 3.14. The van der Waals surface area contributed by atoms with Crippen LogP contribution in [0, 0.1) is 0 Å². The third-order valence-electron chi connectivity index (χ3n) is 5.31. The van der Waals surface area contributed by atoms with E-state index in [4.69, 9.17) is 0 Å². The minimum atomic E-state index is -0.507. The molecule has 0 bridgehead atoms. The van der Waals surface area contributed by atoms with Crippen LogP contribution < -0.4 is 10.9 Å². The Balaban J connectivity index is 1.45. The Hall–Kier alpha value is -2.71. The SMILES string of the molecule is O=C(NC1CC(=O)N(C2CCCCCC2)C1)c1cnc2nc[nH]n2c1=O. The molecule has 2 fully saturated rings. The van der Waals surface area contributed by atoms with Crippen LogP contribution in [0.25, 0.3) is 5.78 Å². The number of H-pyrrole nitrogens is 1. The maximum atomic E-state index is 12.5. The third kappa shape index (κ3) is 3.09. The lowest BCUT2D eigenvalue weighted by molar-refractivity contribution is -0.129. The number of fused-ring (bicyclic) bond motifs is 1. The van der Waals surface area contributed by atoms with Crippen LogP contribution in [0.1, 0.15) is 55.3 Å². The summed E-state index contributed by atoms with van der Waals surface area (Å²) in [7, 11) is 0. The molecule has 1 unspecified atom stereocenters. The molecule has 0 radical (unpaired) electrons. The molecule has 2 N–H and O–H groups in total. The number of likely N-dealkylation sites (tertiary alicyclic amines) is 1. The van der Waals surface area contributed by atoms with E-state index in [0.29, 0.717) is 6.54 Å². The molecule has 2 aromatic heterocycles. The topological polar surface area (TPSA) is 112 Å². The van der Waals surface area contributed by atoms with Crippen molar-refractivity contribution >= 4 is 17.6 Å². The predicted molar refractivity (Wildman–Crippen MR) is 92.7 cm³/mol. The van der Waals surface area contributed by atoms with Crippen LogP contribution in [-0.2, 0) is 4.79 Å². The molecule has 1 saturated heterocycles. The lowest BCUT2D eigenvalue weighted by atomic mass is 10.1. The Kier molecular flexibility index (Phi) is 4.44. The molecule has 1 aliphatic carbocycles. The van der Waals surface area contributed by atoms with E-state index >= 15 is 0 Å². The van der Waals surface area contributed by atoms with E-state index < -0.39 is 11.5 Å². The average molecular weight is 358 g/mol. The maximum Gasteiger partial charge on any atom is 0.286 e. The molecule has 9 nitrogen and oxygen atoms in total. The second kappa shape index (κ2) is 6.89. The zero-order valence-electron chi connectivity index (χ0n) is 14.5. The van der Waals surface area contributed by atoms with Crippen LogP contribution >= 0.6 is 0 Å². The van der Waals surface area contributed by atoms with Crippen molar-refractivity contribution in [3.05, 3.63) is 28.4 Å². The Bertz CT molecular complexity index is 880. The van der Waals surface area contributed by atoms with E-state index in [9.17, 15) is 14.4 Å². The van der Waals surface area contributed by atoms with Crippen LogP contribution in [0.5, 0.6) is 0 Å². The number of aromatic amines is 1. The molecule has 26 heavy (non-hydrogen) atoms. The van der Waals surface area contributed by atoms with Crippen molar-refractivity contribution in [2.75, 3.05) is 6.54 Å². The van der Waals surface area contributed by atoms with Crippen LogP contribution in [0.15, 0.2) is 17.3 Å². The third-order valence-corrected chi connectivity index (χ3v) is 5.31. The molecule has 9 heteroatoms. The van der Waals surface area contributed by atoms with Crippen LogP contribution in [0.2, 0.25) is 0 Å². The molecule has 4 rings (SSSR count). The van der Waals surface area contributed by atoms with Gasteiger partial charge in [-0.2, -0.15) is 4.52 Å². The van der Waals surface area contributed by atoms with Crippen LogP contribution in [0.3, 0.4) is 0 Å². The van der Waals surface area contributed by atoms with Crippen molar-refractivity contribution in [3.63, 3.8) is 0 Å². The monoisotopic (exact) mass is 358 g/mol. The summed E-state index contributed by atoms with van der Waals surface area (Å²) >= 11 is 0. The van der Waals surface area contributed by atoms with E-state index in [0.717, 1.165) is 30.2 Å². The van der Waals surface area contributed by atoms with Crippen LogP contribution in [0.4, 0.5) is 0 Å². The quantitative estimate of drug-likeness (QED) is 0.775. The predicted octanol–water partition coefficient (Wildman–Crippen LogP) is 0.471. The van der Waals surface area contributed by atoms with Gasteiger partial charge in [-0.05, 0) is 12.8 Å². The second-order valence-electron chi connectivity index (χ2n) is 7.07. The maximum absolute atomic E-state index is 12.5. The standard InChI is InChI=1S/C17H22N6O3/c24-14-7-11(9-22(14)12-5-3-1-2-4-6-12)21-15(25)13-8-18-17-19-10-20-23(17)16(13)26/h8,10-12H,1-7,9H2,(H,21,25)(H,18,19,20). The smallest absolute Gasteiger partial charge is 0.286 e. The van der Waals surface area contributed by atoms with Gasteiger partial charge in [-0.3, -0.25) is 19.5 Å². The second-order valence-corrected chi connectivity index (χ2v) is 7.07. The van der Waals surface area contributed by atoms with Crippen LogP contribution in [-0.4, -0.2) is 54.9 Å². The van der Waals surface area contributed by atoms with Gasteiger partial charge in [0.1, 0.15) is 11.9 Å². The number of carbonyl (C=O) groups excluding carboxylic acids is 2. The van der Waals surface area contributed by atoms with E-state index in [1.54, 1.807) is 0 Å². The van der Waals surface area contributed by atoms with Gasteiger partial charge < -0.3 is 10.2 Å². The number of amides is 2. The van der Waals surface area contributed by atoms with Gasteiger partial charge in [0.25, 0.3) is 17.2 Å². The van der Waals surface area contributed by atoms with Gasteiger partial charge in [0.05, 0.1) is 6.04 Å². The molecule has 1 aliphatic heterocycles. The molecule has 3 heterocycles. The van der Waals surface area contributed by atoms with Gasteiger partial charge >= 0.3 is 0 Å².